The van der Waals surface area contributed by atoms with E-state index < -0.39 is 6.17 Å². The standard InChI is InChI=1S/C22H17FN2O3/c23-16-5-3-4-15(11-16)21-24-18-7-2-1-6-17(18)22(26)25(21)12-14-8-9-19-20(10-14)28-13-27-19/h1-11,21,24H,12-13H2/t21-/m1/s1. The maximum atomic E-state index is 13.9. The van der Waals surface area contributed by atoms with Crippen LogP contribution in [0.15, 0.2) is 66.7 Å². The third-order valence-corrected chi connectivity index (χ3v) is 4.98. The van der Waals surface area contributed by atoms with Crippen molar-refractivity contribution in [2.24, 2.45) is 0 Å². The number of hydrogen-bond donors (Lipinski definition) is 1. The molecule has 0 spiro atoms. The van der Waals surface area contributed by atoms with Gasteiger partial charge in [-0.15, -0.1) is 0 Å². The Morgan fingerprint density at radius 2 is 1.86 bits per heavy atom. The second kappa shape index (κ2) is 6.56. The number of amides is 1. The van der Waals surface area contributed by atoms with Gasteiger partial charge in [0.25, 0.3) is 5.91 Å². The zero-order valence-corrected chi connectivity index (χ0v) is 14.9. The molecule has 2 aliphatic rings. The van der Waals surface area contributed by atoms with Crippen molar-refractivity contribution in [1.29, 1.82) is 0 Å². The summed E-state index contributed by atoms with van der Waals surface area (Å²) < 4.78 is 24.7. The van der Waals surface area contributed by atoms with Crippen LogP contribution in [0.3, 0.4) is 0 Å². The molecule has 1 N–H and O–H groups in total. The molecule has 140 valence electrons. The van der Waals surface area contributed by atoms with Crippen LogP contribution in [-0.2, 0) is 6.54 Å². The fourth-order valence-corrected chi connectivity index (χ4v) is 3.63. The minimum Gasteiger partial charge on any atom is -0.454 e. The van der Waals surface area contributed by atoms with Gasteiger partial charge in [-0.05, 0) is 47.5 Å². The third kappa shape index (κ3) is 2.83. The highest BCUT2D eigenvalue weighted by Crippen LogP contribution is 2.37. The van der Waals surface area contributed by atoms with Crippen molar-refractivity contribution in [1.82, 2.24) is 4.90 Å². The van der Waals surface area contributed by atoms with E-state index in [1.165, 1.54) is 12.1 Å². The Morgan fingerprint density at radius 3 is 2.75 bits per heavy atom. The quantitative estimate of drug-likeness (QED) is 0.740. The number of nitrogens with zero attached hydrogens (tertiary/aromatic N) is 1. The van der Waals surface area contributed by atoms with Crippen LogP contribution >= 0.6 is 0 Å². The second-order valence-corrected chi connectivity index (χ2v) is 6.77. The molecule has 0 unspecified atom stereocenters. The van der Waals surface area contributed by atoms with Crippen LogP contribution < -0.4 is 14.8 Å². The predicted molar refractivity (Wildman–Crippen MR) is 102 cm³/mol. The van der Waals surface area contributed by atoms with Gasteiger partial charge in [-0.25, -0.2) is 4.39 Å². The SMILES string of the molecule is O=C1c2ccccc2N[C@@H](c2cccc(F)c2)N1Cc1ccc2c(c1)OCO2. The molecule has 5 nitrogen and oxygen atoms in total. The number of anilines is 1. The average molecular weight is 376 g/mol. The third-order valence-electron chi connectivity index (χ3n) is 4.98. The number of ether oxygens (including phenoxy) is 2. The zero-order valence-electron chi connectivity index (χ0n) is 14.9. The first kappa shape index (κ1) is 16.6. The number of rotatable bonds is 3. The second-order valence-electron chi connectivity index (χ2n) is 6.77. The first-order valence-electron chi connectivity index (χ1n) is 8.99. The molecule has 0 radical (unpaired) electrons. The van der Waals surface area contributed by atoms with Gasteiger partial charge in [-0.1, -0.05) is 30.3 Å². The van der Waals surface area contributed by atoms with Crippen LogP contribution in [0, 0.1) is 5.82 Å². The van der Waals surface area contributed by atoms with Gasteiger partial charge in [0.1, 0.15) is 12.0 Å². The van der Waals surface area contributed by atoms with Crippen molar-refractivity contribution in [2.45, 2.75) is 12.7 Å². The minimum atomic E-state index is -0.483. The number of carbonyl (C=O) groups is 1. The Balaban J connectivity index is 1.54. The van der Waals surface area contributed by atoms with E-state index in [4.69, 9.17) is 9.47 Å². The van der Waals surface area contributed by atoms with Crippen LogP contribution in [0.1, 0.15) is 27.7 Å². The highest BCUT2D eigenvalue weighted by molar-refractivity contribution is 6.01. The molecule has 6 heteroatoms. The number of hydrogen-bond acceptors (Lipinski definition) is 4. The van der Waals surface area contributed by atoms with E-state index in [1.807, 2.05) is 42.5 Å². The van der Waals surface area contributed by atoms with Gasteiger partial charge in [0.05, 0.1) is 5.56 Å². The predicted octanol–water partition coefficient (Wildman–Crippen LogP) is 4.32. The molecule has 5 rings (SSSR count). The molecule has 3 aromatic rings. The van der Waals surface area contributed by atoms with E-state index in [2.05, 4.69) is 5.32 Å². The number of para-hydroxylation sites is 1. The van der Waals surface area contributed by atoms with E-state index in [-0.39, 0.29) is 18.5 Å². The van der Waals surface area contributed by atoms with Crippen LogP contribution in [0.4, 0.5) is 10.1 Å². The number of nitrogens with one attached hydrogen (secondary N) is 1. The van der Waals surface area contributed by atoms with Crippen molar-refractivity contribution in [3.63, 3.8) is 0 Å². The fourth-order valence-electron chi connectivity index (χ4n) is 3.63. The van der Waals surface area contributed by atoms with Crippen molar-refractivity contribution in [2.75, 3.05) is 12.1 Å². The topological polar surface area (TPSA) is 50.8 Å². The molecule has 2 heterocycles. The lowest BCUT2D eigenvalue weighted by atomic mass is 10.0. The lowest BCUT2D eigenvalue weighted by molar-refractivity contribution is 0.0666. The van der Waals surface area contributed by atoms with Gasteiger partial charge in [0.2, 0.25) is 6.79 Å². The summed E-state index contributed by atoms with van der Waals surface area (Å²) in [5.41, 5.74) is 2.92. The van der Waals surface area contributed by atoms with Crippen molar-refractivity contribution < 1.29 is 18.7 Å². The van der Waals surface area contributed by atoms with E-state index in [0.717, 1.165) is 11.3 Å². The Kier molecular flexibility index (Phi) is 3.90. The monoisotopic (exact) mass is 376 g/mol. The Labute approximate surface area is 161 Å². The van der Waals surface area contributed by atoms with Gasteiger partial charge >= 0.3 is 0 Å². The van der Waals surface area contributed by atoms with Crippen molar-refractivity contribution in [3.8, 4) is 11.5 Å². The van der Waals surface area contributed by atoms with E-state index >= 15 is 0 Å². The summed E-state index contributed by atoms with van der Waals surface area (Å²) in [7, 11) is 0. The normalized spacial score (nSPS) is 17.2. The number of benzene rings is 3. The highest BCUT2D eigenvalue weighted by atomic mass is 19.1. The van der Waals surface area contributed by atoms with Crippen LogP contribution in [0.5, 0.6) is 11.5 Å². The molecular formula is C22H17FN2O3. The number of carbonyl (C=O) groups excluding carboxylic acids is 1. The molecule has 0 aliphatic carbocycles. The summed E-state index contributed by atoms with van der Waals surface area (Å²) in [6.07, 6.45) is -0.483. The fraction of sp³-hybridized carbons (Fsp3) is 0.136. The molecule has 0 aromatic heterocycles. The minimum absolute atomic E-state index is 0.110. The Hall–Kier alpha value is -3.54. The van der Waals surface area contributed by atoms with Gasteiger partial charge in [-0.3, -0.25) is 4.79 Å². The molecule has 0 saturated heterocycles. The van der Waals surface area contributed by atoms with Gasteiger partial charge < -0.3 is 19.7 Å². The van der Waals surface area contributed by atoms with Gasteiger partial charge in [0.15, 0.2) is 11.5 Å². The maximum Gasteiger partial charge on any atom is 0.258 e. The smallest absolute Gasteiger partial charge is 0.258 e. The summed E-state index contributed by atoms with van der Waals surface area (Å²) >= 11 is 0. The molecule has 28 heavy (non-hydrogen) atoms. The molecule has 1 atom stereocenters. The first-order valence-corrected chi connectivity index (χ1v) is 8.99. The summed E-state index contributed by atoms with van der Waals surface area (Å²) in [6.45, 7) is 0.542. The molecule has 0 saturated carbocycles. The van der Waals surface area contributed by atoms with E-state index in [0.29, 0.717) is 29.2 Å². The lowest BCUT2D eigenvalue weighted by Crippen LogP contribution is -2.42. The molecule has 0 fully saturated rings. The lowest BCUT2D eigenvalue weighted by Gasteiger charge is -2.38. The first-order chi connectivity index (χ1) is 13.7. The molecule has 0 bridgehead atoms. The Bertz CT molecular complexity index is 1070. The maximum absolute atomic E-state index is 13.9. The molecular weight excluding hydrogens is 359 g/mol. The van der Waals surface area contributed by atoms with Crippen LogP contribution in [0.25, 0.3) is 0 Å². The summed E-state index contributed by atoms with van der Waals surface area (Å²) in [4.78, 5) is 15.0. The van der Waals surface area contributed by atoms with E-state index in [1.54, 1.807) is 17.0 Å². The zero-order chi connectivity index (χ0) is 19.1. The largest absolute Gasteiger partial charge is 0.454 e. The number of halogens is 1. The molecule has 3 aromatic carbocycles. The van der Waals surface area contributed by atoms with Gasteiger partial charge in [-0.2, -0.15) is 0 Å². The summed E-state index contributed by atoms with van der Waals surface area (Å²) in [5.74, 6) is 0.909. The van der Waals surface area contributed by atoms with E-state index in [9.17, 15) is 9.18 Å². The Morgan fingerprint density at radius 1 is 1.00 bits per heavy atom. The summed E-state index contributed by atoms with van der Waals surface area (Å²) in [6, 6.07) is 19.3. The number of fused-ring (bicyclic) bond motifs is 2. The average Bonchev–Trinajstić information content (AvgIpc) is 3.18. The van der Waals surface area contributed by atoms with Gasteiger partial charge in [0, 0.05) is 12.2 Å². The van der Waals surface area contributed by atoms with Crippen molar-refractivity contribution in [3.05, 3.63) is 89.2 Å². The molecule has 1 amide bonds. The van der Waals surface area contributed by atoms with Crippen LogP contribution in [0.2, 0.25) is 0 Å². The molecule has 2 aliphatic heterocycles. The van der Waals surface area contributed by atoms with Crippen LogP contribution in [-0.4, -0.2) is 17.6 Å². The van der Waals surface area contributed by atoms with Crippen molar-refractivity contribution >= 4 is 11.6 Å². The summed E-state index contributed by atoms with van der Waals surface area (Å²) in [5, 5.41) is 3.38. The highest BCUT2D eigenvalue weighted by Gasteiger charge is 2.33.